The maximum atomic E-state index is 11.6. The van der Waals surface area contributed by atoms with E-state index in [-0.39, 0.29) is 5.91 Å². The molecule has 0 atom stereocenters. The van der Waals surface area contributed by atoms with Gasteiger partial charge in [0.1, 0.15) is 11.5 Å². The highest BCUT2D eigenvalue weighted by atomic mass is 16.3. The number of hydrogen-bond acceptors (Lipinski definition) is 4. The zero-order chi connectivity index (χ0) is 13.5. The van der Waals surface area contributed by atoms with E-state index < -0.39 is 0 Å². The van der Waals surface area contributed by atoms with Crippen LogP contribution >= 0.6 is 0 Å². The van der Waals surface area contributed by atoms with E-state index in [9.17, 15) is 4.79 Å². The summed E-state index contributed by atoms with van der Waals surface area (Å²) < 4.78 is 5.17. The molecule has 0 saturated carbocycles. The summed E-state index contributed by atoms with van der Waals surface area (Å²) in [6.45, 7) is 1.86. The van der Waals surface area contributed by atoms with Gasteiger partial charge >= 0.3 is 0 Å². The Balaban J connectivity index is 1.92. The fraction of sp³-hybridized carbons (Fsp3) is 0.0714. The Kier molecular flexibility index (Phi) is 4.23. The minimum absolute atomic E-state index is 0.326. The Bertz CT molecular complexity index is 586. The fourth-order valence-corrected chi connectivity index (χ4v) is 1.38. The number of aromatic nitrogens is 1. The van der Waals surface area contributed by atoms with Crippen LogP contribution in [0.4, 0.5) is 0 Å². The first-order chi connectivity index (χ1) is 9.25. The number of carbonyl (C=O) groups excluding carboxylic acids is 1. The van der Waals surface area contributed by atoms with Crippen molar-refractivity contribution in [1.29, 1.82) is 0 Å². The van der Waals surface area contributed by atoms with E-state index in [1.54, 1.807) is 42.9 Å². The van der Waals surface area contributed by atoms with Crippen LogP contribution in [0.25, 0.3) is 6.08 Å². The van der Waals surface area contributed by atoms with Crippen molar-refractivity contribution >= 4 is 18.2 Å². The van der Waals surface area contributed by atoms with Crippen LogP contribution in [0.15, 0.2) is 57.9 Å². The topological polar surface area (TPSA) is 67.5 Å². The lowest BCUT2D eigenvalue weighted by Crippen LogP contribution is -2.18. The molecule has 5 heteroatoms. The summed E-state index contributed by atoms with van der Waals surface area (Å²) in [7, 11) is 0. The number of allylic oxidation sites excluding steroid dienone is 1. The first kappa shape index (κ1) is 12.8. The highest BCUT2D eigenvalue weighted by Crippen LogP contribution is 2.05. The molecule has 0 unspecified atom stereocenters. The van der Waals surface area contributed by atoms with Crippen molar-refractivity contribution in [2.75, 3.05) is 0 Å². The number of hydrazone groups is 1. The molecule has 96 valence electrons. The average molecular weight is 255 g/mol. The van der Waals surface area contributed by atoms with Gasteiger partial charge in [0.15, 0.2) is 0 Å². The number of carbonyl (C=O) groups is 1. The summed E-state index contributed by atoms with van der Waals surface area (Å²) >= 11 is 0. The SMILES string of the molecule is CC(/C=N/NC(=O)c1ccccn1)=C\c1ccco1. The molecule has 2 heterocycles. The predicted molar refractivity (Wildman–Crippen MR) is 72.6 cm³/mol. The van der Waals surface area contributed by atoms with Gasteiger partial charge in [-0.25, -0.2) is 5.43 Å². The third-order valence-electron chi connectivity index (χ3n) is 2.24. The minimum Gasteiger partial charge on any atom is -0.465 e. The molecule has 0 radical (unpaired) electrons. The molecule has 0 aromatic carbocycles. The van der Waals surface area contributed by atoms with E-state index in [0.717, 1.165) is 11.3 Å². The lowest BCUT2D eigenvalue weighted by Gasteiger charge is -1.97. The normalized spacial score (nSPS) is 11.7. The summed E-state index contributed by atoms with van der Waals surface area (Å²) in [6, 6.07) is 8.75. The molecule has 0 saturated heterocycles. The molecule has 19 heavy (non-hydrogen) atoms. The smallest absolute Gasteiger partial charge is 0.289 e. The first-order valence-electron chi connectivity index (χ1n) is 5.72. The number of nitrogens with one attached hydrogen (secondary N) is 1. The summed E-state index contributed by atoms with van der Waals surface area (Å²) in [5.74, 6) is 0.391. The zero-order valence-corrected chi connectivity index (χ0v) is 10.4. The molecule has 5 nitrogen and oxygen atoms in total. The quantitative estimate of drug-likeness (QED) is 0.674. The number of rotatable bonds is 4. The first-order valence-corrected chi connectivity index (χ1v) is 5.72. The van der Waals surface area contributed by atoms with Gasteiger partial charge in [0, 0.05) is 6.20 Å². The lowest BCUT2D eigenvalue weighted by molar-refractivity contribution is 0.0950. The Morgan fingerprint density at radius 2 is 2.26 bits per heavy atom. The molecule has 2 aromatic heterocycles. The molecule has 1 amide bonds. The lowest BCUT2D eigenvalue weighted by atomic mass is 10.3. The molecule has 0 aliphatic rings. The van der Waals surface area contributed by atoms with Crippen molar-refractivity contribution in [3.05, 3.63) is 59.8 Å². The van der Waals surface area contributed by atoms with Crippen molar-refractivity contribution in [2.45, 2.75) is 6.92 Å². The predicted octanol–water partition coefficient (Wildman–Crippen LogP) is 2.49. The second-order valence-electron chi connectivity index (χ2n) is 3.82. The molecule has 1 N–H and O–H groups in total. The summed E-state index contributed by atoms with van der Waals surface area (Å²) in [6.07, 6.45) is 6.51. The van der Waals surface area contributed by atoms with Crippen molar-refractivity contribution < 1.29 is 9.21 Å². The summed E-state index contributed by atoms with van der Waals surface area (Å²) in [5, 5.41) is 3.85. The number of furan rings is 1. The van der Waals surface area contributed by atoms with Gasteiger partial charge in [0.2, 0.25) is 0 Å². The van der Waals surface area contributed by atoms with Crippen LogP contribution in [0.2, 0.25) is 0 Å². The van der Waals surface area contributed by atoms with Crippen LogP contribution < -0.4 is 5.43 Å². The summed E-state index contributed by atoms with van der Waals surface area (Å²) in [5.41, 5.74) is 3.59. The van der Waals surface area contributed by atoms with Crippen LogP contribution in [0.5, 0.6) is 0 Å². The van der Waals surface area contributed by atoms with Crippen LogP contribution in [0, 0.1) is 0 Å². The zero-order valence-electron chi connectivity index (χ0n) is 10.4. The molecular weight excluding hydrogens is 242 g/mol. The maximum absolute atomic E-state index is 11.6. The van der Waals surface area contributed by atoms with E-state index in [1.807, 2.05) is 19.1 Å². The van der Waals surface area contributed by atoms with Crippen molar-refractivity contribution in [2.24, 2.45) is 5.10 Å². The van der Waals surface area contributed by atoms with Gasteiger partial charge in [-0.3, -0.25) is 9.78 Å². The molecule has 0 fully saturated rings. The molecule has 0 spiro atoms. The van der Waals surface area contributed by atoms with Gasteiger partial charge < -0.3 is 4.42 Å². The molecule has 0 bridgehead atoms. The highest BCUT2D eigenvalue weighted by molar-refractivity contribution is 5.93. The molecule has 2 aromatic rings. The Hall–Kier alpha value is -2.69. The van der Waals surface area contributed by atoms with Crippen molar-refractivity contribution in [3.63, 3.8) is 0 Å². The molecular formula is C14H13N3O2. The van der Waals surface area contributed by atoms with Crippen LogP contribution in [0.3, 0.4) is 0 Å². The van der Waals surface area contributed by atoms with E-state index in [1.165, 1.54) is 0 Å². The maximum Gasteiger partial charge on any atom is 0.289 e. The third kappa shape index (κ3) is 3.92. The second-order valence-corrected chi connectivity index (χ2v) is 3.82. The molecule has 0 aliphatic carbocycles. The van der Waals surface area contributed by atoms with Gasteiger partial charge in [-0.05, 0) is 42.8 Å². The van der Waals surface area contributed by atoms with Crippen LogP contribution in [0.1, 0.15) is 23.2 Å². The number of hydrogen-bond donors (Lipinski definition) is 1. The summed E-state index contributed by atoms with van der Waals surface area (Å²) in [4.78, 5) is 15.5. The van der Waals surface area contributed by atoms with Gasteiger partial charge in [0.25, 0.3) is 5.91 Å². The minimum atomic E-state index is -0.345. The van der Waals surface area contributed by atoms with Crippen molar-refractivity contribution in [3.8, 4) is 0 Å². The largest absolute Gasteiger partial charge is 0.465 e. The Labute approximate surface area is 110 Å². The van der Waals surface area contributed by atoms with E-state index in [2.05, 4.69) is 15.5 Å². The van der Waals surface area contributed by atoms with Gasteiger partial charge in [-0.15, -0.1) is 0 Å². The second kappa shape index (κ2) is 6.30. The van der Waals surface area contributed by atoms with Crippen molar-refractivity contribution in [1.82, 2.24) is 10.4 Å². The van der Waals surface area contributed by atoms with Gasteiger partial charge in [0.05, 0.1) is 12.5 Å². The number of pyridine rings is 1. The monoisotopic (exact) mass is 255 g/mol. The van der Waals surface area contributed by atoms with Gasteiger partial charge in [-0.2, -0.15) is 5.10 Å². The number of nitrogens with zero attached hydrogens (tertiary/aromatic N) is 2. The average Bonchev–Trinajstić information content (AvgIpc) is 2.92. The Morgan fingerprint density at radius 1 is 1.37 bits per heavy atom. The number of amides is 1. The third-order valence-corrected chi connectivity index (χ3v) is 2.24. The van der Waals surface area contributed by atoms with E-state index in [0.29, 0.717) is 5.69 Å². The van der Waals surface area contributed by atoms with E-state index >= 15 is 0 Å². The standard InChI is InChI=1S/C14H13N3O2/c1-11(9-12-5-4-8-19-12)10-16-17-14(18)13-6-2-3-7-15-13/h2-10H,1H3,(H,17,18)/b11-9+,16-10+. The van der Waals surface area contributed by atoms with Crippen LogP contribution in [-0.2, 0) is 0 Å². The molecule has 2 rings (SSSR count). The fourth-order valence-electron chi connectivity index (χ4n) is 1.38. The highest BCUT2D eigenvalue weighted by Gasteiger charge is 2.03. The Morgan fingerprint density at radius 3 is 2.95 bits per heavy atom. The van der Waals surface area contributed by atoms with Gasteiger partial charge in [-0.1, -0.05) is 6.07 Å². The molecule has 0 aliphatic heterocycles. The van der Waals surface area contributed by atoms with Crippen LogP contribution in [-0.4, -0.2) is 17.1 Å². The van der Waals surface area contributed by atoms with E-state index in [4.69, 9.17) is 4.42 Å².